The van der Waals surface area contributed by atoms with Crippen LogP contribution in [0.5, 0.6) is 5.75 Å². The fraction of sp³-hybridized carbons (Fsp3) is 0.500. The summed E-state index contributed by atoms with van der Waals surface area (Å²) in [7, 11) is 0. The van der Waals surface area contributed by atoms with Gasteiger partial charge in [-0.05, 0) is 25.0 Å². The van der Waals surface area contributed by atoms with Crippen molar-refractivity contribution in [1.82, 2.24) is 4.90 Å². The van der Waals surface area contributed by atoms with E-state index in [4.69, 9.17) is 11.3 Å². The highest BCUT2D eigenvalue weighted by Gasteiger charge is 2.32. The van der Waals surface area contributed by atoms with Gasteiger partial charge in [-0.1, -0.05) is 58.1 Å². The number of carbonyl (C=O) groups excluding carboxylic acids is 3. The number of hydrogen-bond donors (Lipinski definition) is 0. The quantitative estimate of drug-likeness (QED) is 0.254. The summed E-state index contributed by atoms with van der Waals surface area (Å²) >= 11 is 0. The molecule has 0 saturated carbocycles. The van der Waals surface area contributed by atoms with Crippen LogP contribution in [-0.2, 0) is 14.4 Å². The van der Waals surface area contributed by atoms with Crippen molar-refractivity contribution in [2.24, 2.45) is 5.92 Å². The van der Waals surface area contributed by atoms with Crippen LogP contribution in [0, 0.1) is 12.5 Å². The van der Waals surface area contributed by atoms with E-state index in [1.54, 1.807) is 24.3 Å². The van der Waals surface area contributed by atoms with E-state index in [9.17, 15) is 14.4 Å². The molecule has 0 bridgehead atoms. The van der Waals surface area contributed by atoms with E-state index in [-0.39, 0.29) is 17.6 Å². The Kier molecular flexibility index (Phi) is 9.27. The molecule has 160 valence electrons. The van der Waals surface area contributed by atoms with Crippen LogP contribution in [0.1, 0.15) is 65.2 Å². The fourth-order valence-corrected chi connectivity index (χ4v) is 3.23. The summed E-state index contributed by atoms with van der Waals surface area (Å²) in [6.45, 7) is 11.2. The number of unbranched alkanes of at least 4 members (excludes halogenated alkanes) is 6. The zero-order valence-electron chi connectivity index (χ0n) is 17.9. The molecule has 0 spiro atoms. The normalized spacial score (nSPS) is 13.5. The van der Waals surface area contributed by atoms with Crippen LogP contribution in [0.2, 0.25) is 0 Å². The number of carbonyl (C=O) groups is 3. The SMILES string of the molecule is [C-]#[N+]c1ccc(OC2=CC(=O)N(CCCCCCCCCC(=O)C(C)C)C2=O)cc1. The lowest BCUT2D eigenvalue weighted by Gasteiger charge is -2.14. The van der Waals surface area contributed by atoms with Crippen molar-refractivity contribution in [1.29, 1.82) is 0 Å². The predicted molar refractivity (Wildman–Crippen MR) is 115 cm³/mol. The smallest absolute Gasteiger partial charge is 0.296 e. The number of rotatable bonds is 13. The second-order valence-electron chi connectivity index (χ2n) is 7.86. The summed E-state index contributed by atoms with van der Waals surface area (Å²) in [6.07, 6.45) is 8.93. The Labute approximate surface area is 178 Å². The number of Topliss-reactive ketones (excluding diaryl/α,β-unsaturated/α-hetero) is 1. The largest absolute Gasteiger partial charge is 0.451 e. The number of imide groups is 1. The van der Waals surface area contributed by atoms with Crippen molar-refractivity contribution in [3.05, 3.63) is 47.5 Å². The molecule has 30 heavy (non-hydrogen) atoms. The van der Waals surface area contributed by atoms with Gasteiger partial charge in [-0.3, -0.25) is 19.3 Å². The molecule has 6 nitrogen and oxygen atoms in total. The van der Waals surface area contributed by atoms with Gasteiger partial charge in [0.05, 0.1) is 12.6 Å². The monoisotopic (exact) mass is 410 g/mol. The average Bonchev–Trinajstić information content (AvgIpc) is 2.99. The van der Waals surface area contributed by atoms with Gasteiger partial charge in [0.15, 0.2) is 11.4 Å². The zero-order chi connectivity index (χ0) is 21.9. The third-order valence-electron chi connectivity index (χ3n) is 5.12. The lowest BCUT2D eigenvalue weighted by molar-refractivity contribution is -0.138. The molecule has 0 atom stereocenters. The molecule has 6 heteroatoms. The molecule has 1 aliphatic heterocycles. The molecule has 2 amide bonds. The first-order chi connectivity index (χ1) is 14.4. The molecule has 1 aliphatic rings. The van der Waals surface area contributed by atoms with Crippen molar-refractivity contribution in [2.45, 2.75) is 65.2 Å². The lowest BCUT2D eigenvalue weighted by atomic mass is 10.0. The molecule has 0 unspecified atom stereocenters. The maximum Gasteiger partial charge on any atom is 0.296 e. The molecule has 1 heterocycles. The highest BCUT2D eigenvalue weighted by Crippen LogP contribution is 2.23. The first-order valence-corrected chi connectivity index (χ1v) is 10.7. The number of benzene rings is 1. The molecule has 2 rings (SSSR count). The molecule has 0 fully saturated rings. The summed E-state index contributed by atoms with van der Waals surface area (Å²) in [4.78, 5) is 40.6. The van der Waals surface area contributed by atoms with E-state index in [2.05, 4.69) is 4.85 Å². The van der Waals surface area contributed by atoms with E-state index in [1.165, 1.54) is 11.0 Å². The third-order valence-corrected chi connectivity index (χ3v) is 5.12. The minimum absolute atomic E-state index is 0.0199. The van der Waals surface area contributed by atoms with Crippen molar-refractivity contribution in [2.75, 3.05) is 6.54 Å². The Morgan fingerprint density at radius 2 is 1.60 bits per heavy atom. The molecular formula is C24H30N2O4. The van der Waals surface area contributed by atoms with E-state index in [1.807, 2.05) is 13.8 Å². The molecule has 0 aromatic heterocycles. The Bertz CT molecular complexity index is 819. The highest BCUT2D eigenvalue weighted by molar-refractivity contribution is 6.15. The second kappa shape index (κ2) is 11.9. The van der Waals surface area contributed by atoms with Crippen LogP contribution in [-0.4, -0.2) is 29.0 Å². The lowest BCUT2D eigenvalue weighted by Crippen LogP contribution is -2.32. The number of amides is 2. The predicted octanol–water partition coefficient (Wildman–Crippen LogP) is 5.21. The Morgan fingerprint density at radius 3 is 2.20 bits per heavy atom. The van der Waals surface area contributed by atoms with Gasteiger partial charge in [0, 0.05) is 18.9 Å². The van der Waals surface area contributed by atoms with Gasteiger partial charge < -0.3 is 4.74 Å². The molecular weight excluding hydrogens is 380 g/mol. The van der Waals surface area contributed by atoms with E-state index < -0.39 is 5.91 Å². The van der Waals surface area contributed by atoms with Gasteiger partial charge in [-0.15, -0.1) is 0 Å². The molecule has 1 aromatic rings. The van der Waals surface area contributed by atoms with E-state index in [0.29, 0.717) is 30.2 Å². The van der Waals surface area contributed by atoms with Crippen LogP contribution in [0.4, 0.5) is 5.69 Å². The van der Waals surface area contributed by atoms with Crippen LogP contribution in [0.3, 0.4) is 0 Å². The second-order valence-corrected chi connectivity index (χ2v) is 7.86. The highest BCUT2D eigenvalue weighted by atomic mass is 16.5. The number of nitrogens with zero attached hydrogens (tertiary/aromatic N) is 2. The first kappa shape index (κ1) is 23.3. The molecule has 0 saturated heterocycles. The van der Waals surface area contributed by atoms with Gasteiger partial charge in [-0.2, -0.15) is 0 Å². The maximum absolute atomic E-state index is 12.4. The minimum Gasteiger partial charge on any atom is -0.451 e. The van der Waals surface area contributed by atoms with Gasteiger partial charge in [-0.25, -0.2) is 4.85 Å². The van der Waals surface area contributed by atoms with Crippen LogP contribution >= 0.6 is 0 Å². The van der Waals surface area contributed by atoms with Crippen LogP contribution in [0.25, 0.3) is 4.85 Å². The summed E-state index contributed by atoms with van der Waals surface area (Å²) < 4.78 is 5.52. The van der Waals surface area contributed by atoms with Crippen LogP contribution in [0.15, 0.2) is 36.1 Å². The Balaban J connectivity index is 1.61. The summed E-state index contributed by atoms with van der Waals surface area (Å²) in [5.41, 5.74) is 0.482. The molecule has 1 aromatic carbocycles. The summed E-state index contributed by atoms with van der Waals surface area (Å²) in [6, 6.07) is 6.41. The summed E-state index contributed by atoms with van der Waals surface area (Å²) in [5.74, 6) is 0.156. The standard InChI is InChI=1S/C24H30N2O4/c1-18(2)21(27)11-9-7-5-4-6-8-10-16-26-23(28)17-22(24(26)29)30-20-14-12-19(25-3)13-15-20/h12-15,17-18H,4-11,16H2,1-2H3. The minimum atomic E-state index is -0.413. The number of ether oxygens (including phenoxy) is 1. The fourth-order valence-electron chi connectivity index (χ4n) is 3.23. The van der Waals surface area contributed by atoms with Gasteiger partial charge >= 0.3 is 0 Å². The van der Waals surface area contributed by atoms with Crippen molar-refractivity contribution in [3.63, 3.8) is 0 Å². The van der Waals surface area contributed by atoms with Gasteiger partial charge in [0.1, 0.15) is 11.5 Å². The molecule has 0 aliphatic carbocycles. The van der Waals surface area contributed by atoms with E-state index >= 15 is 0 Å². The van der Waals surface area contributed by atoms with Gasteiger partial charge in [0.25, 0.3) is 11.8 Å². The van der Waals surface area contributed by atoms with Crippen LogP contribution < -0.4 is 4.74 Å². The van der Waals surface area contributed by atoms with Crippen molar-refractivity contribution < 1.29 is 19.1 Å². The van der Waals surface area contributed by atoms with Crippen molar-refractivity contribution >= 4 is 23.3 Å². The topological polar surface area (TPSA) is 68.0 Å². The maximum atomic E-state index is 12.4. The first-order valence-electron chi connectivity index (χ1n) is 10.7. The number of hydrogen-bond acceptors (Lipinski definition) is 4. The average molecular weight is 411 g/mol. The van der Waals surface area contributed by atoms with E-state index in [0.717, 1.165) is 44.9 Å². The zero-order valence-corrected chi connectivity index (χ0v) is 17.9. The Hall–Kier alpha value is -2.94. The summed E-state index contributed by atoms with van der Waals surface area (Å²) in [5, 5.41) is 0. The Morgan fingerprint density at radius 1 is 1.00 bits per heavy atom. The molecule has 0 radical (unpaired) electrons. The third kappa shape index (κ3) is 7.14. The number of ketones is 1. The van der Waals surface area contributed by atoms with Gasteiger partial charge in [0.2, 0.25) is 0 Å². The molecule has 0 N–H and O–H groups in total. The van der Waals surface area contributed by atoms with Crippen molar-refractivity contribution in [3.8, 4) is 5.75 Å².